The molecule has 4 aliphatic heterocycles. The monoisotopic (exact) mass is 758 g/mol. The van der Waals surface area contributed by atoms with Crippen molar-refractivity contribution in [3.05, 3.63) is 71.2 Å². The molecule has 1 aromatic carbocycles. The Labute approximate surface area is 326 Å². The van der Waals surface area contributed by atoms with E-state index in [-0.39, 0.29) is 36.1 Å². The average molecular weight is 759 g/mol. The highest BCUT2D eigenvalue weighted by atomic mass is 16.2. The van der Waals surface area contributed by atoms with Crippen LogP contribution >= 0.6 is 0 Å². The van der Waals surface area contributed by atoms with E-state index in [0.717, 1.165) is 105 Å². The molecule has 1 saturated carbocycles. The van der Waals surface area contributed by atoms with Crippen LogP contribution in [0.15, 0.2) is 48.8 Å². The van der Waals surface area contributed by atoms with Gasteiger partial charge in [0, 0.05) is 86.8 Å². The molecule has 0 spiro atoms. The van der Waals surface area contributed by atoms with Gasteiger partial charge in [-0.1, -0.05) is 25.0 Å². The van der Waals surface area contributed by atoms with Crippen LogP contribution < -0.4 is 15.5 Å². The van der Waals surface area contributed by atoms with Crippen molar-refractivity contribution in [2.45, 2.75) is 95.4 Å². The maximum Gasteiger partial charge on any atom is 0.270 e. The van der Waals surface area contributed by atoms with Gasteiger partial charge in [0.1, 0.15) is 23.2 Å². The lowest BCUT2D eigenvalue weighted by Gasteiger charge is -2.39. The summed E-state index contributed by atoms with van der Waals surface area (Å²) >= 11 is 0. The van der Waals surface area contributed by atoms with Gasteiger partial charge in [0.2, 0.25) is 17.8 Å². The highest BCUT2D eigenvalue weighted by molar-refractivity contribution is 6.06. The van der Waals surface area contributed by atoms with Gasteiger partial charge in [-0.3, -0.25) is 29.4 Å². The fraction of sp³-hybridized carbons (Fsp3) is 0.500. The standard InChI is InChI=1S/C42H50N10O4/c1-48(2)41(56)35-21-28-23-44-42(47-38(28)52(35)29-7-3-4-8-29)45-36-14-12-26(22-43-36)24-49-19-16-27(17-20-49)32-11-6-18-50(32)33-10-5-9-30-31(33)25-51(40(30)55)34-13-15-37(53)46-39(34)54/h5,9-10,12,14,21-23,27,29,32,34H,3-4,6-8,11,13,15-20,24-25H2,1-2H3,(H,46,53,54)(H,43,44,45,47)/t32-,34+/m0/s1. The van der Waals surface area contributed by atoms with Crippen molar-refractivity contribution in [2.24, 2.45) is 5.92 Å². The van der Waals surface area contributed by atoms with E-state index >= 15 is 0 Å². The molecule has 2 atom stereocenters. The normalized spacial score (nSPS) is 22.3. The van der Waals surface area contributed by atoms with Crippen molar-refractivity contribution in [3.63, 3.8) is 0 Å². The number of benzene rings is 1. The highest BCUT2D eigenvalue weighted by Crippen LogP contribution is 2.41. The zero-order valence-corrected chi connectivity index (χ0v) is 32.2. The molecule has 292 valence electrons. The number of nitrogens with one attached hydrogen (secondary N) is 2. The van der Waals surface area contributed by atoms with Crippen molar-refractivity contribution in [3.8, 4) is 0 Å². The minimum absolute atomic E-state index is 0.0261. The maximum atomic E-state index is 13.5. The first-order valence-electron chi connectivity index (χ1n) is 20.3. The predicted molar refractivity (Wildman–Crippen MR) is 211 cm³/mol. The lowest BCUT2D eigenvalue weighted by Crippen LogP contribution is -2.52. The average Bonchev–Trinajstić information content (AvgIpc) is 4.02. The molecule has 9 rings (SSSR count). The topological polar surface area (TPSA) is 149 Å². The smallest absolute Gasteiger partial charge is 0.270 e. The Morgan fingerprint density at radius 1 is 0.911 bits per heavy atom. The largest absolute Gasteiger partial charge is 0.368 e. The van der Waals surface area contributed by atoms with Crippen LogP contribution in [0.25, 0.3) is 11.0 Å². The molecular formula is C42H50N10O4. The van der Waals surface area contributed by atoms with Crippen LogP contribution in [0.5, 0.6) is 0 Å². The van der Waals surface area contributed by atoms with Gasteiger partial charge < -0.3 is 24.6 Å². The number of rotatable bonds is 9. The number of carbonyl (C=O) groups is 4. The molecule has 4 aromatic rings. The van der Waals surface area contributed by atoms with E-state index in [1.165, 1.54) is 0 Å². The van der Waals surface area contributed by atoms with Crippen molar-refractivity contribution in [1.29, 1.82) is 0 Å². The van der Waals surface area contributed by atoms with Crippen LogP contribution in [0.3, 0.4) is 0 Å². The van der Waals surface area contributed by atoms with Gasteiger partial charge in [0.05, 0.1) is 0 Å². The minimum atomic E-state index is -0.610. The van der Waals surface area contributed by atoms with Gasteiger partial charge >= 0.3 is 0 Å². The molecule has 3 aromatic heterocycles. The van der Waals surface area contributed by atoms with Gasteiger partial charge in [0.15, 0.2) is 0 Å². The molecule has 56 heavy (non-hydrogen) atoms. The SMILES string of the molecule is CN(C)C(=O)c1cc2cnc(Nc3ccc(CN4CCC([C@@H]5CCCN5c5cccc6c5CN([C@@H]5CCC(=O)NC5=O)C6=O)CC4)cn3)nc2n1C1CCCC1. The van der Waals surface area contributed by atoms with Gasteiger partial charge in [-0.15, -0.1) is 0 Å². The molecule has 0 unspecified atom stereocenters. The predicted octanol–water partition coefficient (Wildman–Crippen LogP) is 5.03. The van der Waals surface area contributed by atoms with E-state index < -0.39 is 6.04 Å². The number of imide groups is 1. The Balaban J connectivity index is 0.821. The molecule has 14 nitrogen and oxygen atoms in total. The molecule has 14 heteroatoms. The summed E-state index contributed by atoms with van der Waals surface area (Å²) in [6.45, 7) is 4.22. The summed E-state index contributed by atoms with van der Waals surface area (Å²) in [5.74, 6) is 0.897. The Morgan fingerprint density at radius 3 is 2.48 bits per heavy atom. The first-order chi connectivity index (χ1) is 27.2. The number of carbonyl (C=O) groups excluding carboxylic acids is 4. The van der Waals surface area contributed by atoms with Gasteiger partial charge in [-0.2, -0.15) is 4.98 Å². The van der Waals surface area contributed by atoms with E-state index in [1.807, 2.05) is 30.5 Å². The number of likely N-dealkylation sites (tertiary alicyclic amines) is 1. The van der Waals surface area contributed by atoms with E-state index in [2.05, 4.69) is 42.1 Å². The van der Waals surface area contributed by atoms with Gasteiger partial charge in [-0.25, -0.2) is 9.97 Å². The Kier molecular flexibility index (Phi) is 9.68. The van der Waals surface area contributed by atoms with E-state index in [1.54, 1.807) is 30.1 Å². The summed E-state index contributed by atoms with van der Waals surface area (Å²) in [5.41, 5.74) is 5.39. The Hall–Kier alpha value is -5.37. The first-order valence-corrected chi connectivity index (χ1v) is 20.3. The van der Waals surface area contributed by atoms with E-state index in [9.17, 15) is 19.2 Å². The fourth-order valence-corrected chi connectivity index (χ4v) is 9.87. The highest BCUT2D eigenvalue weighted by Gasteiger charge is 2.42. The molecule has 1 aliphatic carbocycles. The van der Waals surface area contributed by atoms with Gasteiger partial charge in [-0.05, 0) is 93.8 Å². The Morgan fingerprint density at radius 2 is 1.73 bits per heavy atom. The fourth-order valence-electron chi connectivity index (χ4n) is 9.87. The number of piperidine rings is 2. The van der Waals surface area contributed by atoms with Crippen LogP contribution in [0.2, 0.25) is 0 Å². The number of fused-ring (bicyclic) bond motifs is 2. The summed E-state index contributed by atoms with van der Waals surface area (Å²) in [7, 11) is 3.56. The maximum absolute atomic E-state index is 13.5. The number of aromatic nitrogens is 4. The minimum Gasteiger partial charge on any atom is -0.368 e. The second kappa shape index (κ2) is 14.9. The van der Waals surface area contributed by atoms with Crippen molar-refractivity contribution >= 4 is 52.1 Å². The van der Waals surface area contributed by atoms with Crippen LogP contribution in [-0.4, -0.2) is 104 Å². The van der Waals surface area contributed by atoms with Crippen LogP contribution in [-0.2, 0) is 22.7 Å². The number of hydrogen-bond donors (Lipinski definition) is 2. The summed E-state index contributed by atoms with van der Waals surface area (Å²) in [5, 5.41) is 6.57. The summed E-state index contributed by atoms with van der Waals surface area (Å²) < 4.78 is 2.12. The zero-order chi connectivity index (χ0) is 38.5. The molecule has 0 bridgehead atoms. The number of anilines is 3. The summed E-state index contributed by atoms with van der Waals surface area (Å²) in [6.07, 6.45) is 13.2. The number of hydrogen-bond acceptors (Lipinski definition) is 10. The number of pyridine rings is 1. The van der Waals surface area contributed by atoms with E-state index in [4.69, 9.17) is 9.97 Å². The first kappa shape index (κ1) is 36.3. The van der Waals surface area contributed by atoms with Crippen molar-refractivity contribution in [1.82, 2.24) is 39.5 Å². The van der Waals surface area contributed by atoms with Gasteiger partial charge in [0.25, 0.3) is 11.8 Å². The summed E-state index contributed by atoms with van der Waals surface area (Å²) in [6, 6.07) is 12.1. The quantitative estimate of drug-likeness (QED) is 0.223. The zero-order valence-electron chi connectivity index (χ0n) is 32.2. The van der Waals surface area contributed by atoms with Crippen LogP contribution in [0.4, 0.5) is 17.5 Å². The third-order valence-electron chi connectivity index (χ3n) is 12.7. The molecule has 5 aliphatic rings. The van der Waals surface area contributed by atoms with Crippen molar-refractivity contribution < 1.29 is 19.2 Å². The Bertz CT molecular complexity index is 2170. The number of nitrogens with zero attached hydrogens (tertiary/aromatic N) is 8. The lowest BCUT2D eigenvalue weighted by molar-refractivity contribution is -0.136. The van der Waals surface area contributed by atoms with Crippen LogP contribution in [0.1, 0.15) is 102 Å². The molecule has 4 amide bonds. The second-order valence-corrected chi connectivity index (χ2v) is 16.4. The molecule has 4 fully saturated rings. The molecular weight excluding hydrogens is 709 g/mol. The summed E-state index contributed by atoms with van der Waals surface area (Å²) in [4.78, 5) is 73.5. The van der Waals surface area contributed by atoms with E-state index in [0.29, 0.717) is 47.9 Å². The molecule has 7 heterocycles. The number of amides is 4. The second-order valence-electron chi connectivity index (χ2n) is 16.4. The van der Waals surface area contributed by atoms with Crippen molar-refractivity contribution in [2.75, 3.05) is 43.9 Å². The third kappa shape index (κ3) is 6.77. The third-order valence-corrected chi connectivity index (χ3v) is 12.7. The molecule has 2 N–H and O–H groups in total. The van der Waals surface area contributed by atoms with Crippen LogP contribution in [0, 0.1) is 5.92 Å². The lowest BCUT2D eigenvalue weighted by atomic mass is 9.87. The molecule has 3 saturated heterocycles. The molecule has 0 radical (unpaired) electrons.